The van der Waals surface area contributed by atoms with Crippen LogP contribution in [-0.2, 0) is 9.53 Å². The summed E-state index contributed by atoms with van der Waals surface area (Å²) in [5.41, 5.74) is 3.08. The van der Waals surface area contributed by atoms with Crippen LogP contribution in [0.25, 0.3) is 10.9 Å². The monoisotopic (exact) mass is 405 g/mol. The summed E-state index contributed by atoms with van der Waals surface area (Å²) in [6.07, 6.45) is 0. The first-order valence-corrected chi connectivity index (χ1v) is 9.55. The molecule has 154 valence electrons. The van der Waals surface area contributed by atoms with Gasteiger partial charge >= 0.3 is 5.97 Å². The number of benzene rings is 2. The number of amides is 2. The van der Waals surface area contributed by atoms with Crippen LogP contribution in [0.2, 0.25) is 0 Å². The maximum Gasteiger partial charge on any atom is 0.325 e. The fourth-order valence-electron chi connectivity index (χ4n) is 2.91. The van der Waals surface area contributed by atoms with Gasteiger partial charge in [-0.25, -0.2) is 0 Å². The summed E-state index contributed by atoms with van der Waals surface area (Å²) in [6, 6.07) is 15.8. The number of methoxy groups -OCH3 is 1. The molecular weight excluding hydrogens is 382 g/mol. The van der Waals surface area contributed by atoms with Crippen molar-refractivity contribution in [1.29, 1.82) is 0 Å². The van der Waals surface area contributed by atoms with Crippen LogP contribution < -0.4 is 10.6 Å². The lowest BCUT2D eigenvalue weighted by atomic mass is 10.0. The fraction of sp³-hybridized carbons (Fsp3) is 0.217. The van der Waals surface area contributed by atoms with Crippen molar-refractivity contribution in [3.63, 3.8) is 0 Å². The van der Waals surface area contributed by atoms with Crippen LogP contribution in [0.15, 0.2) is 54.6 Å². The zero-order chi connectivity index (χ0) is 21.7. The van der Waals surface area contributed by atoms with Crippen molar-refractivity contribution in [2.24, 2.45) is 0 Å². The first-order valence-electron chi connectivity index (χ1n) is 9.55. The van der Waals surface area contributed by atoms with Gasteiger partial charge in [0.25, 0.3) is 11.8 Å². The van der Waals surface area contributed by atoms with Crippen molar-refractivity contribution in [1.82, 2.24) is 10.3 Å². The Hall–Kier alpha value is -3.74. The molecule has 0 fully saturated rings. The largest absolute Gasteiger partial charge is 0.468 e. The Kier molecular flexibility index (Phi) is 6.41. The molecule has 0 saturated heterocycles. The van der Waals surface area contributed by atoms with Gasteiger partial charge in [0, 0.05) is 22.3 Å². The average Bonchev–Trinajstić information content (AvgIpc) is 2.76. The first-order chi connectivity index (χ1) is 14.4. The van der Waals surface area contributed by atoms with E-state index in [2.05, 4.69) is 20.4 Å². The highest BCUT2D eigenvalue weighted by atomic mass is 16.5. The third-order valence-corrected chi connectivity index (χ3v) is 4.60. The van der Waals surface area contributed by atoms with Gasteiger partial charge in [0.05, 0.1) is 18.2 Å². The predicted molar refractivity (Wildman–Crippen MR) is 115 cm³/mol. The second-order valence-electron chi connectivity index (χ2n) is 7.06. The van der Waals surface area contributed by atoms with Gasteiger partial charge in [-0.1, -0.05) is 32.0 Å². The quantitative estimate of drug-likeness (QED) is 0.612. The summed E-state index contributed by atoms with van der Waals surface area (Å²) in [4.78, 5) is 40.8. The van der Waals surface area contributed by atoms with Gasteiger partial charge in [-0.15, -0.1) is 0 Å². The summed E-state index contributed by atoms with van der Waals surface area (Å²) in [5.74, 6) is -1.00. The zero-order valence-corrected chi connectivity index (χ0v) is 17.1. The van der Waals surface area contributed by atoms with E-state index < -0.39 is 11.9 Å². The molecule has 7 heteroatoms. The lowest BCUT2D eigenvalue weighted by Crippen LogP contribution is -2.30. The van der Waals surface area contributed by atoms with Crippen LogP contribution in [0.5, 0.6) is 0 Å². The zero-order valence-electron chi connectivity index (χ0n) is 17.1. The topological polar surface area (TPSA) is 97.4 Å². The fourth-order valence-corrected chi connectivity index (χ4v) is 2.91. The summed E-state index contributed by atoms with van der Waals surface area (Å²) in [7, 11) is 1.25. The molecule has 1 aromatic heterocycles. The molecule has 1 heterocycles. The Morgan fingerprint density at radius 1 is 1.00 bits per heavy atom. The third kappa shape index (κ3) is 4.81. The molecule has 2 N–H and O–H groups in total. The second kappa shape index (κ2) is 9.17. The Morgan fingerprint density at radius 3 is 2.37 bits per heavy atom. The number of esters is 1. The molecule has 7 nitrogen and oxygen atoms in total. The number of ether oxygens (including phenoxy) is 1. The van der Waals surface area contributed by atoms with Gasteiger partial charge in [-0.3, -0.25) is 19.4 Å². The number of aromatic nitrogens is 1. The molecule has 0 spiro atoms. The Labute approximate surface area is 174 Å². The number of rotatable bonds is 6. The number of hydrogen-bond acceptors (Lipinski definition) is 5. The van der Waals surface area contributed by atoms with Gasteiger partial charge in [-0.2, -0.15) is 0 Å². The van der Waals surface area contributed by atoms with E-state index in [1.807, 2.05) is 44.2 Å². The van der Waals surface area contributed by atoms with E-state index in [4.69, 9.17) is 0 Å². The number of nitrogens with zero attached hydrogens (tertiary/aromatic N) is 1. The summed E-state index contributed by atoms with van der Waals surface area (Å²) in [5, 5.41) is 6.11. The molecular formula is C23H23N3O4. The maximum atomic E-state index is 13.0. The molecule has 0 aliphatic rings. The minimum absolute atomic E-state index is 0.184. The smallest absolute Gasteiger partial charge is 0.325 e. The summed E-state index contributed by atoms with van der Waals surface area (Å²) >= 11 is 0. The molecule has 30 heavy (non-hydrogen) atoms. The molecule has 0 aliphatic carbocycles. The minimum Gasteiger partial charge on any atom is -0.468 e. The number of fused-ring (bicyclic) bond motifs is 1. The lowest BCUT2D eigenvalue weighted by molar-refractivity contribution is -0.139. The highest BCUT2D eigenvalue weighted by Gasteiger charge is 2.15. The number of hydrogen-bond donors (Lipinski definition) is 2. The predicted octanol–water partition coefficient (Wildman–Crippen LogP) is 3.51. The molecule has 0 unspecified atom stereocenters. The van der Waals surface area contributed by atoms with E-state index in [-0.39, 0.29) is 18.4 Å². The van der Waals surface area contributed by atoms with Gasteiger partial charge in [0.2, 0.25) is 0 Å². The molecule has 0 atom stereocenters. The SMILES string of the molecule is COC(=O)CNC(=O)c1ccc(NC(=O)c2cc(C(C)C)nc3ccccc23)cc1. The highest BCUT2D eigenvalue weighted by molar-refractivity contribution is 6.12. The molecule has 0 radical (unpaired) electrons. The van der Waals surface area contributed by atoms with Crippen LogP contribution in [-0.4, -0.2) is 36.4 Å². The van der Waals surface area contributed by atoms with Crippen molar-refractivity contribution in [3.05, 3.63) is 71.4 Å². The molecule has 2 amide bonds. The minimum atomic E-state index is -0.530. The molecule has 2 aromatic carbocycles. The summed E-state index contributed by atoms with van der Waals surface area (Å²) < 4.78 is 4.49. The molecule has 0 bridgehead atoms. The van der Waals surface area contributed by atoms with Gasteiger partial charge < -0.3 is 15.4 Å². The van der Waals surface area contributed by atoms with E-state index in [0.29, 0.717) is 16.8 Å². The molecule has 3 aromatic rings. The van der Waals surface area contributed by atoms with Crippen molar-refractivity contribution >= 4 is 34.4 Å². The van der Waals surface area contributed by atoms with Crippen LogP contribution >= 0.6 is 0 Å². The van der Waals surface area contributed by atoms with Gasteiger partial charge in [-0.05, 0) is 42.3 Å². The van der Waals surface area contributed by atoms with Crippen molar-refractivity contribution < 1.29 is 19.1 Å². The Bertz CT molecular complexity index is 1090. The number of carbonyl (C=O) groups excluding carboxylic acids is 3. The van der Waals surface area contributed by atoms with Gasteiger partial charge in [0.15, 0.2) is 0 Å². The van der Waals surface area contributed by atoms with E-state index in [0.717, 1.165) is 16.6 Å². The number of pyridine rings is 1. The van der Waals surface area contributed by atoms with Crippen LogP contribution in [0, 0.1) is 0 Å². The summed E-state index contributed by atoms with van der Waals surface area (Å²) in [6.45, 7) is 3.85. The number of anilines is 1. The third-order valence-electron chi connectivity index (χ3n) is 4.60. The van der Waals surface area contributed by atoms with E-state index >= 15 is 0 Å². The second-order valence-corrected chi connectivity index (χ2v) is 7.06. The van der Waals surface area contributed by atoms with E-state index in [9.17, 15) is 14.4 Å². The van der Waals surface area contributed by atoms with E-state index in [1.54, 1.807) is 24.3 Å². The standard InChI is InChI=1S/C23H23N3O4/c1-14(2)20-12-18(17-6-4-5-7-19(17)26-20)23(29)25-16-10-8-15(9-11-16)22(28)24-13-21(27)30-3/h4-12,14H,13H2,1-3H3,(H,24,28)(H,25,29). The molecule has 0 saturated carbocycles. The maximum absolute atomic E-state index is 13.0. The number of nitrogens with one attached hydrogen (secondary N) is 2. The first kappa shape index (κ1) is 21.0. The number of carbonyl (C=O) groups is 3. The van der Waals surface area contributed by atoms with Gasteiger partial charge in [0.1, 0.15) is 6.54 Å². The van der Waals surface area contributed by atoms with E-state index in [1.165, 1.54) is 7.11 Å². The molecule has 3 rings (SSSR count). The van der Waals surface area contributed by atoms with Crippen molar-refractivity contribution in [3.8, 4) is 0 Å². The van der Waals surface area contributed by atoms with Crippen LogP contribution in [0.4, 0.5) is 5.69 Å². The Balaban J connectivity index is 1.78. The average molecular weight is 405 g/mol. The highest BCUT2D eigenvalue weighted by Crippen LogP contribution is 2.23. The lowest BCUT2D eigenvalue weighted by Gasteiger charge is -2.12. The van der Waals surface area contributed by atoms with Crippen LogP contribution in [0.1, 0.15) is 46.2 Å². The molecule has 0 aliphatic heterocycles. The van der Waals surface area contributed by atoms with Crippen LogP contribution in [0.3, 0.4) is 0 Å². The van der Waals surface area contributed by atoms with Crippen molar-refractivity contribution in [2.75, 3.05) is 19.0 Å². The normalized spacial score (nSPS) is 10.7. The van der Waals surface area contributed by atoms with Crippen molar-refractivity contribution in [2.45, 2.75) is 19.8 Å². The Morgan fingerprint density at radius 2 is 1.70 bits per heavy atom. The number of para-hydroxylation sites is 1.